The van der Waals surface area contributed by atoms with Crippen LogP contribution in [-0.2, 0) is 0 Å². The van der Waals surface area contributed by atoms with Gasteiger partial charge in [0.1, 0.15) is 5.58 Å². The molecule has 0 aliphatic carbocycles. The van der Waals surface area contributed by atoms with Crippen LogP contribution < -0.4 is 4.90 Å². The molecule has 0 atom stereocenters. The molecule has 10 aromatic carbocycles. The topological polar surface area (TPSA) is 20.8 Å². The molecular formula is C60H38N2O. The van der Waals surface area contributed by atoms with Crippen LogP contribution >= 0.6 is 0 Å². The van der Waals surface area contributed by atoms with Crippen LogP contribution in [0.25, 0.3) is 104 Å². The van der Waals surface area contributed by atoms with Crippen molar-refractivity contribution in [2.24, 2.45) is 0 Å². The number of benzene rings is 10. The summed E-state index contributed by atoms with van der Waals surface area (Å²) in [5, 5.41) is 10.7. The number of pyridine rings is 1. The number of rotatable bonds is 6. The second kappa shape index (κ2) is 14.1. The van der Waals surface area contributed by atoms with Gasteiger partial charge in [-0.3, -0.25) is 0 Å². The van der Waals surface area contributed by atoms with Crippen LogP contribution in [0.2, 0.25) is 0 Å². The molecule has 3 heteroatoms. The van der Waals surface area contributed by atoms with E-state index >= 15 is 0 Å². The fourth-order valence-electron chi connectivity index (χ4n) is 10.1. The number of hydrogen-bond donors (Lipinski definition) is 0. The summed E-state index contributed by atoms with van der Waals surface area (Å²) in [5.74, 6) is 0. The van der Waals surface area contributed by atoms with Gasteiger partial charge >= 0.3 is 0 Å². The average molecular weight is 803 g/mol. The Morgan fingerprint density at radius 3 is 1.75 bits per heavy atom. The highest BCUT2D eigenvalue weighted by Crippen LogP contribution is 2.46. The molecule has 0 saturated carbocycles. The molecule has 3 aromatic heterocycles. The largest absolute Gasteiger partial charge is 0.453 e. The summed E-state index contributed by atoms with van der Waals surface area (Å²) in [7, 11) is 0. The maximum absolute atomic E-state index is 6.94. The predicted molar refractivity (Wildman–Crippen MR) is 266 cm³/mol. The maximum atomic E-state index is 6.94. The third-order valence-electron chi connectivity index (χ3n) is 12.9. The summed E-state index contributed by atoms with van der Waals surface area (Å²) in [6.07, 6.45) is 0. The standard InChI is InChI=1S/C60H38N2O/c1-4-16-39(17-5-1)50-25-14-26-51-52-27-15-29-55(60(52)63-59(50)51)61(45-21-8-3-9-22-45)46-33-35-48-43(37-46)31-30-42-36-44(32-34-47(42)48)56-38-41-20-10-11-23-49(41)58-57(40-18-6-2-7-19-40)53-24-12-13-28-54(53)62(56)58/h1-38H. The molecular weight excluding hydrogens is 765 g/mol. The minimum atomic E-state index is 0.861. The smallest absolute Gasteiger partial charge is 0.159 e. The van der Waals surface area contributed by atoms with Crippen molar-refractivity contribution in [1.82, 2.24) is 4.40 Å². The molecule has 0 bridgehead atoms. The molecule has 0 saturated heterocycles. The first kappa shape index (κ1) is 35.4. The first-order chi connectivity index (χ1) is 31.3. The predicted octanol–water partition coefficient (Wildman–Crippen LogP) is 16.9. The van der Waals surface area contributed by atoms with E-state index in [1.165, 1.54) is 71.1 Å². The Morgan fingerprint density at radius 1 is 0.349 bits per heavy atom. The van der Waals surface area contributed by atoms with Gasteiger partial charge < -0.3 is 13.7 Å². The molecule has 0 amide bonds. The molecule has 0 spiro atoms. The lowest BCUT2D eigenvalue weighted by molar-refractivity contribution is 0.670. The molecule has 0 aliphatic heterocycles. The zero-order valence-electron chi connectivity index (χ0n) is 34.2. The number of aromatic nitrogens is 1. The summed E-state index contributed by atoms with van der Waals surface area (Å²) < 4.78 is 9.42. The number of nitrogens with zero attached hydrogens (tertiary/aromatic N) is 2. The summed E-state index contributed by atoms with van der Waals surface area (Å²) in [4.78, 5) is 2.33. The zero-order chi connectivity index (χ0) is 41.4. The SMILES string of the molecule is c1ccc(-c2cccc3c2oc2c(N(c4ccccc4)c4ccc5c(ccc6cc(-c7cc8ccccc8c8c(-c9ccccc9)c9ccccc9n78)ccc65)c4)cccc23)cc1. The first-order valence-electron chi connectivity index (χ1n) is 21.6. The van der Waals surface area contributed by atoms with Crippen LogP contribution in [0.4, 0.5) is 17.1 Å². The lowest BCUT2D eigenvalue weighted by atomic mass is 9.97. The van der Waals surface area contributed by atoms with Crippen molar-refractivity contribution in [1.29, 1.82) is 0 Å². The highest BCUT2D eigenvalue weighted by molar-refractivity contribution is 6.17. The number of hydrogen-bond acceptors (Lipinski definition) is 2. The third-order valence-corrected chi connectivity index (χ3v) is 12.9. The Labute approximate surface area is 363 Å². The van der Waals surface area contributed by atoms with Crippen molar-refractivity contribution in [3.05, 3.63) is 231 Å². The van der Waals surface area contributed by atoms with Gasteiger partial charge in [-0.05, 0) is 92.2 Å². The lowest BCUT2D eigenvalue weighted by Gasteiger charge is -2.26. The lowest BCUT2D eigenvalue weighted by Crippen LogP contribution is -2.10. The first-order valence-corrected chi connectivity index (χ1v) is 21.6. The Kier molecular flexibility index (Phi) is 7.91. The molecule has 0 radical (unpaired) electrons. The summed E-state index contributed by atoms with van der Waals surface area (Å²) >= 11 is 0. The van der Waals surface area contributed by atoms with Gasteiger partial charge in [0.15, 0.2) is 5.58 Å². The van der Waals surface area contributed by atoms with Crippen LogP contribution in [0.15, 0.2) is 235 Å². The minimum Gasteiger partial charge on any atom is -0.453 e. The van der Waals surface area contributed by atoms with E-state index in [4.69, 9.17) is 4.42 Å². The maximum Gasteiger partial charge on any atom is 0.159 e. The molecule has 3 heterocycles. The normalized spacial score (nSPS) is 11.8. The molecule has 13 aromatic rings. The number of anilines is 3. The monoisotopic (exact) mass is 802 g/mol. The van der Waals surface area contributed by atoms with Crippen LogP contribution in [0.1, 0.15) is 0 Å². The van der Waals surface area contributed by atoms with Gasteiger partial charge in [0.25, 0.3) is 0 Å². The quantitative estimate of drug-likeness (QED) is 0.156. The highest BCUT2D eigenvalue weighted by atomic mass is 16.3. The fourth-order valence-corrected chi connectivity index (χ4v) is 10.1. The van der Waals surface area contributed by atoms with E-state index in [1.54, 1.807) is 0 Å². The molecule has 0 aliphatic rings. The van der Waals surface area contributed by atoms with Crippen molar-refractivity contribution in [3.63, 3.8) is 0 Å². The van der Waals surface area contributed by atoms with Crippen LogP contribution in [0, 0.1) is 0 Å². The van der Waals surface area contributed by atoms with Gasteiger partial charge in [-0.25, -0.2) is 0 Å². The Balaban J connectivity index is 0.971. The second-order valence-electron chi connectivity index (χ2n) is 16.4. The van der Waals surface area contributed by atoms with Gasteiger partial charge in [0.05, 0.1) is 22.4 Å². The zero-order valence-corrected chi connectivity index (χ0v) is 34.2. The van der Waals surface area contributed by atoms with E-state index in [0.717, 1.165) is 50.1 Å². The summed E-state index contributed by atoms with van der Waals surface area (Å²) in [5.41, 5.74) is 14.4. The number of furan rings is 1. The van der Waals surface area contributed by atoms with Crippen LogP contribution in [-0.4, -0.2) is 4.40 Å². The van der Waals surface area contributed by atoms with Gasteiger partial charge in [0, 0.05) is 44.0 Å². The molecule has 0 unspecified atom stereocenters. The van der Waals surface area contributed by atoms with Crippen molar-refractivity contribution >= 4 is 87.7 Å². The highest BCUT2D eigenvalue weighted by Gasteiger charge is 2.22. The van der Waals surface area contributed by atoms with Crippen molar-refractivity contribution in [2.75, 3.05) is 4.90 Å². The number of fused-ring (bicyclic) bond motifs is 11. The molecule has 3 nitrogen and oxygen atoms in total. The van der Waals surface area contributed by atoms with E-state index in [9.17, 15) is 0 Å². The molecule has 294 valence electrons. The van der Waals surface area contributed by atoms with Crippen molar-refractivity contribution in [3.8, 4) is 33.5 Å². The minimum absolute atomic E-state index is 0.861. The average Bonchev–Trinajstić information content (AvgIpc) is 3.92. The van der Waals surface area contributed by atoms with E-state index < -0.39 is 0 Å². The Hall–Kier alpha value is -8.40. The van der Waals surface area contributed by atoms with E-state index in [0.29, 0.717) is 0 Å². The summed E-state index contributed by atoms with van der Waals surface area (Å²) in [6.45, 7) is 0. The third kappa shape index (κ3) is 5.53. The van der Waals surface area contributed by atoms with Gasteiger partial charge in [0.2, 0.25) is 0 Å². The van der Waals surface area contributed by atoms with E-state index in [2.05, 4.69) is 240 Å². The van der Waals surface area contributed by atoms with E-state index in [1.807, 2.05) is 0 Å². The molecule has 0 fully saturated rings. The molecule has 0 N–H and O–H groups in total. The molecule has 63 heavy (non-hydrogen) atoms. The number of para-hydroxylation sites is 4. The van der Waals surface area contributed by atoms with Crippen molar-refractivity contribution in [2.45, 2.75) is 0 Å². The van der Waals surface area contributed by atoms with Gasteiger partial charge in [-0.15, -0.1) is 0 Å². The second-order valence-corrected chi connectivity index (χ2v) is 16.4. The van der Waals surface area contributed by atoms with Crippen LogP contribution in [0.5, 0.6) is 0 Å². The Bertz CT molecular complexity index is 3900. The fraction of sp³-hybridized carbons (Fsp3) is 0. The van der Waals surface area contributed by atoms with E-state index in [-0.39, 0.29) is 0 Å². The van der Waals surface area contributed by atoms with Crippen LogP contribution in [0.3, 0.4) is 0 Å². The summed E-state index contributed by atoms with van der Waals surface area (Å²) in [6, 6.07) is 83.3. The van der Waals surface area contributed by atoms with Gasteiger partial charge in [-0.1, -0.05) is 182 Å². The van der Waals surface area contributed by atoms with Gasteiger partial charge in [-0.2, -0.15) is 0 Å². The molecule has 13 rings (SSSR count). The Morgan fingerprint density at radius 2 is 0.952 bits per heavy atom. The van der Waals surface area contributed by atoms with Crippen molar-refractivity contribution < 1.29 is 4.42 Å².